The summed E-state index contributed by atoms with van der Waals surface area (Å²) < 4.78 is 20.6. The maximum absolute atomic E-state index is 14.8. The Kier molecular flexibility index (Phi) is 6.88. The number of amides is 1. The third-order valence-corrected chi connectivity index (χ3v) is 5.85. The number of benzene rings is 1. The van der Waals surface area contributed by atoms with Gasteiger partial charge in [0.25, 0.3) is 5.91 Å². The predicted molar refractivity (Wildman–Crippen MR) is 127 cm³/mol. The summed E-state index contributed by atoms with van der Waals surface area (Å²) in [5.74, 6) is -0.702. The van der Waals surface area contributed by atoms with Gasteiger partial charge in [0.2, 0.25) is 5.88 Å². The summed E-state index contributed by atoms with van der Waals surface area (Å²) in [6, 6.07) is 8.36. The molecule has 1 amide bonds. The molecule has 33 heavy (non-hydrogen) atoms. The molecule has 1 aliphatic rings. The Morgan fingerprint density at radius 1 is 1.21 bits per heavy atom. The largest absolute Gasteiger partial charge is 0.477 e. The molecule has 0 spiro atoms. The van der Waals surface area contributed by atoms with Gasteiger partial charge in [-0.05, 0) is 43.5 Å². The van der Waals surface area contributed by atoms with Gasteiger partial charge >= 0.3 is 0 Å². The summed E-state index contributed by atoms with van der Waals surface area (Å²) in [7, 11) is 0. The monoisotopic (exact) mass is 452 g/mol. The zero-order valence-electron chi connectivity index (χ0n) is 18.6. The van der Waals surface area contributed by atoms with Crippen molar-refractivity contribution in [1.29, 1.82) is 0 Å². The fraction of sp³-hybridized carbons (Fsp3) is 0.375. The molecule has 1 fully saturated rings. The van der Waals surface area contributed by atoms with Crippen LogP contribution in [0.15, 0.2) is 36.5 Å². The number of anilines is 3. The minimum Gasteiger partial charge on any atom is -0.477 e. The van der Waals surface area contributed by atoms with Gasteiger partial charge in [0.05, 0.1) is 12.2 Å². The summed E-state index contributed by atoms with van der Waals surface area (Å²) >= 11 is 0. The molecular weight excluding hydrogens is 423 g/mol. The van der Waals surface area contributed by atoms with Gasteiger partial charge in [0.15, 0.2) is 11.6 Å². The van der Waals surface area contributed by atoms with Crippen LogP contribution in [0.2, 0.25) is 0 Å². The molecule has 2 aromatic heterocycles. The van der Waals surface area contributed by atoms with E-state index in [-0.39, 0.29) is 29.3 Å². The third kappa shape index (κ3) is 4.98. The second-order valence-electron chi connectivity index (χ2n) is 8.27. The van der Waals surface area contributed by atoms with E-state index in [4.69, 9.17) is 16.2 Å². The standard InChI is InChI=1S/C24H29FN6O2/c1-2-12-33-24-15-6-5-9-19(14(15)10-11-28-24)29-22-16(21(27)32)13-17(25)23(31-22)30-20-8-4-3-7-18(20)26/h5-6,9-11,13,18,20H,2-4,7-8,12,26H2,1H3,(H2,27,32)(H2,29,30,31)/t18-,20?/m0/s1. The Morgan fingerprint density at radius 3 is 2.79 bits per heavy atom. The van der Waals surface area contributed by atoms with Crippen LogP contribution >= 0.6 is 0 Å². The molecule has 8 nitrogen and oxygen atoms in total. The van der Waals surface area contributed by atoms with Crippen LogP contribution in [0, 0.1) is 5.82 Å². The summed E-state index contributed by atoms with van der Waals surface area (Å²) in [6.45, 7) is 2.57. The van der Waals surface area contributed by atoms with Gasteiger partial charge in [-0.25, -0.2) is 14.4 Å². The van der Waals surface area contributed by atoms with Gasteiger partial charge in [-0.1, -0.05) is 25.8 Å². The number of hydrogen-bond donors (Lipinski definition) is 4. The van der Waals surface area contributed by atoms with Crippen molar-refractivity contribution in [2.45, 2.75) is 51.1 Å². The average molecular weight is 453 g/mol. The third-order valence-electron chi connectivity index (χ3n) is 5.85. The van der Waals surface area contributed by atoms with Crippen LogP contribution in [0.1, 0.15) is 49.4 Å². The molecule has 174 valence electrons. The highest BCUT2D eigenvalue weighted by Crippen LogP contribution is 2.32. The van der Waals surface area contributed by atoms with Crippen molar-refractivity contribution < 1.29 is 13.9 Å². The number of aromatic nitrogens is 2. The number of nitrogens with one attached hydrogen (secondary N) is 2. The van der Waals surface area contributed by atoms with E-state index in [1.165, 1.54) is 0 Å². The molecule has 1 aliphatic carbocycles. The number of rotatable bonds is 8. The fourth-order valence-corrected chi connectivity index (χ4v) is 4.12. The second-order valence-corrected chi connectivity index (χ2v) is 8.27. The number of pyridine rings is 2. The summed E-state index contributed by atoms with van der Waals surface area (Å²) in [5, 5.41) is 7.92. The van der Waals surface area contributed by atoms with Gasteiger partial charge < -0.3 is 26.8 Å². The normalized spacial score (nSPS) is 18.2. The van der Waals surface area contributed by atoms with Gasteiger partial charge in [-0.15, -0.1) is 0 Å². The number of halogens is 1. The van der Waals surface area contributed by atoms with Gasteiger partial charge in [-0.3, -0.25) is 4.79 Å². The highest BCUT2D eigenvalue weighted by atomic mass is 19.1. The summed E-state index contributed by atoms with van der Waals surface area (Å²) in [5.41, 5.74) is 12.4. The van der Waals surface area contributed by atoms with Gasteiger partial charge in [-0.2, -0.15) is 0 Å². The quantitative estimate of drug-likeness (QED) is 0.405. The van der Waals surface area contributed by atoms with E-state index in [1.807, 2.05) is 31.2 Å². The van der Waals surface area contributed by atoms with Crippen molar-refractivity contribution in [3.05, 3.63) is 47.9 Å². The number of primary amides is 1. The number of hydrogen-bond acceptors (Lipinski definition) is 7. The molecular formula is C24H29FN6O2. The van der Waals surface area contributed by atoms with Crippen LogP contribution in [0.3, 0.4) is 0 Å². The minimum absolute atomic E-state index is 0.0405. The summed E-state index contributed by atoms with van der Waals surface area (Å²) in [6.07, 6.45) is 6.29. The second kappa shape index (κ2) is 9.99. The van der Waals surface area contributed by atoms with Crippen molar-refractivity contribution in [3.63, 3.8) is 0 Å². The van der Waals surface area contributed by atoms with Crippen LogP contribution in [0.25, 0.3) is 10.8 Å². The van der Waals surface area contributed by atoms with Crippen LogP contribution in [-0.2, 0) is 0 Å². The lowest BCUT2D eigenvalue weighted by atomic mass is 9.91. The van der Waals surface area contributed by atoms with Crippen LogP contribution in [0.5, 0.6) is 5.88 Å². The maximum Gasteiger partial charge on any atom is 0.252 e. The lowest BCUT2D eigenvalue weighted by Crippen LogP contribution is -2.43. The van der Waals surface area contributed by atoms with Gasteiger partial charge in [0, 0.05) is 34.7 Å². The lowest BCUT2D eigenvalue weighted by molar-refractivity contribution is 0.100. The molecule has 1 aromatic carbocycles. The fourth-order valence-electron chi connectivity index (χ4n) is 4.12. The number of nitrogens with two attached hydrogens (primary N) is 2. The Labute approximate surface area is 191 Å². The average Bonchev–Trinajstić information content (AvgIpc) is 2.81. The maximum atomic E-state index is 14.8. The van der Waals surface area contributed by atoms with E-state index in [9.17, 15) is 9.18 Å². The van der Waals surface area contributed by atoms with E-state index in [2.05, 4.69) is 20.6 Å². The molecule has 4 rings (SSSR count). The van der Waals surface area contributed by atoms with Crippen LogP contribution < -0.4 is 26.8 Å². The molecule has 0 aliphatic heterocycles. The van der Waals surface area contributed by atoms with Crippen molar-refractivity contribution in [2.75, 3.05) is 17.2 Å². The molecule has 9 heteroatoms. The predicted octanol–water partition coefficient (Wildman–Crippen LogP) is 4.08. The minimum atomic E-state index is -0.779. The van der Waals surface area contributed by atoms with Crippen molar-refractivity contribution in [3.8, 4) is 5.88 Å². The first-order chi connectivity index (χ1) is 16.0. The smallest absolute Gasteiger partial charge is 0.252 e. The zero-order chi connectivity index (χ0) is 23.4. The molecule has 1 unspecified atom stereocenters. The number of nitrogens with zero attached hydrogens (tertiary/aromatic N) is 2. The Bertz CT molecular complexity index is 1160. The van der Waals surface area contributed by atoms with E-state index < -0.39 is 11.7 Å². The number of carbonyl (C=O) groups is 1. The Hall–Kier alpha value is -3.46. The van der Waals surface area contributed by atoms with Crippen LogP contribution in [0.4, 0.5) is 21.7 Å². The van der Waals surface area contributed by atoms with Crippen molar-refractivity contribution >= 4 is 34.0 Å². The molecule has 0 bridgehead atoms. The Morgan fingerprint density at radius 2 is 2.03 bits per heavy atom. The lowest BCUT2D eigenvalue weighted by Gasteiger charge is -2.30. The van der Waals surface area contributed by atoms with Crippen molar-refractivity contribution in [2.24, 2.45) is 11.5 Å². The van der Waals surface area contributed by atoms with E-state index in [1.54, 1.807) is 6.20 Å². The van der Waals surface area contributed by atoms with E-state index in [0.29, 0.717) is 18.2 Å². The zero-order valence-corrected chi connectivity index (χ0v) is 18.6. The van der Waals surface area contributed by atoms with Crippen molar-refractivity contribution in [1.82, 2.24) is 9.97 Å². The molecule has 0 saturated heterocycles. The SMILES string of the molecule is CCCOc1nccc2c(Nc3nc(NC4CCCC[C@@H]4N)c(F)cc3C(N)=O)cccc12. The molecule has 2 heterocycles. The Balaban J connectivity index is 1.71. The summed E-state index contributed by atoms with van der Waals surface area (Å²) in [4.78, 5) is 20.8. The highest BCUT2D eigenvalue weighted by Gasteiger charge is 2.24. The van der Waals surface area contributed by atoms with Gasteiger partial charge in [0.1, 0.15) is 5.82 Å². The topological polar surface area (TPSA) is 128 Å². The van der Waals surface area contributed by atoms with Crippen LogP contribution in [-0.4, -0.2) is 34.6 Å². The number of fused-ring (bicyclic) bond motifs is 1. The highest BCUT2D eigenvalue weighted by molar-refractivity contribution is 6.02. The molecule has 2 atom stereocenters. The number of carbonyl (C=O) groups excluding carboxylic acids is 1. The first kappa shape index (κ1) is 22.7. The first-order valence-corrected chi connectivity index (χ1v) is 11.3. The first-order valence-electron chi connectivity index (χ1n) is 11.3. The molecule has 1 saturated carbocycles. The molecule has 6 N–H and O–H groups in total. The molecule has 0 radical (unpaired) electrons. The van der Waals surface area contributed by atoms with E-state index in [0.717, 1.165) is 48.9 Å². The van der Waals surface area contributed by atoms with E-state index >= 15 is 0 Å². The number of ether oxygens (including phenoxy) is 1. The molecule has 3 aromatic rings.